The maximum atomic E-state index is 12.4. The molecule has 0 bridgehead atoms. The van der Waals surface area contributed by atoms with Crippen molar-refractivity contribution in [2.24, 2.45) is 0 Å². The Balaban J connectivity index is 1.90. The number of sulfone groups is 1. The monoisotopic (exact) mass is 344 g/mol. The molecule has 6 heteroatoms. The number of fused-ring (bicyclic) bond motifs is 1. The van der Waals surface area contributed by atoms with Crippen molar-refractivity contribution in [3.05, 3.63) is 64.6 Å². The number of esters is 1. The van der Waals surface area contributed by atoms with Crippen LogP contribution < -0.4 is 4.74 Å². The van der Waals surface area contributed by atoms with Crippen molar-refractivity contribution in [1.82, 2.24) is 0 Å². The highest BCUT2D eigenvalue weighted by molar-refractivity contribution is 7.94. The van der Waals surface area contributed by atoms with Gasteiger partial charge in [-0.05, 0) is 30.7 Å². The molecule has 0 saturated carbocycles. The summed E-state index contributed by atoms with van der Waals surface area (Å²) in [5.41, 5.74) is 1.48. The topological polar surface area (TPSA) is 69.7 Å². The highest BCUT2D eigenvalue weighted by atomic mass is 32.2. The molecule has 0 unspecified atom stereocenters. The van der Waals surface area contributed by atoms with Crippen molar-refractivity contribution in [2.45, 2.75) is 18.4 Å². The summed E-state index contributed by atoms with van der Waals surface area (Å²) in [6.45, 7) is 2.21. The molecule has 0 radical (unpaired) electrons. The second-order valence-electron chi connectivity index (χ2n) is 5.20. The number of hydrogen-bond donors (Lipinski definition) is 0. The second kappa shape index (κ2) is 6.49. The van der Waals surface area contributed by atoms with Crippen molar-refractivity contribution in [1.29, 1.82) is 0 Å². The lowest BCUT2D eigenvalue weighted by molar-refractivity contribution is 0.0468. The summed E-state index contributed by atoms with van der Waals surface area (Å²) in [5.74, 6) is -0.312. The van der Waals surface area contributed by atoms with Crippen molar-refractivity contribution in [3.63, 3.8) is 0 Å². The molecule has 0 amide bonds. The molecule has 1 aliphatic heterocycles. The first-order valence-corrected chi connectivity index (χ1v) is 9.01. The fourth-order valence-corrected chi connectivity index (χ4v) is 3.67. The highest BCUT2D eigenvalue weighted by Gasteiger charge is 2.28. The average molecular weight is 344 g/mol. The number of rotatable bonds is 5. The first kappa shape index (κ1) is 16.3. The lowest BCUT2D eigenvalue weighted by Crippen LogP contribution is -2.10. The van der Waals surface area contributed by atoms with Gasteiger partial charge in [0.05, 0.1) is 11.5 Å². The summed E-state index contributed by atoms with van der Waals surface area (Å²) >= 11 is 0. The highest BCUT2D eigenvalue weighted by Crippen LogP contribution is 2.37. The molecule has 0 aliphatic carbocycles. The molecule has 5 nitrogen and oxygen atoms in total. The van der Waals surface area contributed by atoms with E-state index in [-0.39, 0.29) is 22.8 Å². The normalized spacial score (nSPS) is 14.2. The zero-order chi connectivity index (χ0) is 17.2. The number of hydrogen-bond acceptors (Lipinski definition) is 5. The van der Waals surface area contributed by atoms with Crippen LogP contribution in [-0.4, -0.2) is 21.0 Å². The summed E-state index contributed by atoms with van der Waals surface area (Å²) in [6.07, 6.45) is 1.45. The molecule has 2 aromatic carbocycles. The molecule has 0 N–H and O–H groups in total. The van der Waals surface area contributed by atoms with Crippen LogP contribution >= 0.6 is 0 Å². The van der Waals surface area contributed by atoms with Crippen molar-refractivity contribution in [3.8, 4) is 5.75 Å². The molecule has 24 heavy (non-hydrogen) atoms. The molecule has 0 atom stereocenters. The molecular formula is C18H16O5S. The van der Waals surface area contributed by atoms with Gasteiger partial charge in [-0.25, -0.2) is 13.2 Å². The van der Waals surface area contributed by atoms with Gasteiger partial charge in [-0.1, -0.05) is 30.3 Å². The second-order valence-corrected chi connectivity index (χ2v) is 7.00. The fraction of sp³-hybridized carbons (Fsp3) is 0.167. The van der Waals surface area contributed by atoms with Crippen molar-refractivity contribution < 1.29 is 22.7 Å². The van der Waals surface area contributed by atoms with Gasteiger partial charge >= 0.3 is 5.97 Å². The van der Waals surface area contributed by atoms with Crippen LogP contribution in [0, 0.1) is 0 Å². The van der Waals surface area contributed by atoms with Gasteiger partial charge in [0.2, 0.25) is 9.84 Å². The van der Waals surface area contributed by atoms with Crippen molar-refractivity contribution in [2.75, 3.05) is 6.61 Å². The van der Waals surface area contributed by atoms with Crippen molar-refractivity contribution >= 4 is 21.9 Å². The number of benzene rings is 2. The standard InChI is InChI=1S/C18H16O5S/c1-2-22-17-14-10-11-24(20,21)16(14)9-8-15(17)18(19)23-12-13-6-4-3-5-7-13/h3-11H,2,12H2,1H3. The predicted octanol–water partition coefficient (Wildman–Crippen LogP) is 3.20. The molecule has 0 fully saturated rings. The number of carbonyl (C=O) groups excluding carboxylic acids is 1. The average Bonchev–Trinajstić information content (AvgIpc) is 2.90. The molecule has 124 valence electrons. The van der Waals surface area contributed by atoms with Gasteiger partial charge in [-0.3, -0.25) is 0 Å². The fourth-order valence-electron chi connectivity index (χ4n) is 2.48. The molecule has 0 aromatic heterocycles. The maximum absolute atomic E-state index is 12.4. The van der Waals surface area contributed by atoms with Crippen LogP contribution in [-0.2, 0) is 21.2 Å². The Labute approximate surface area is 140 Å². The molecule has 1 heterocycles. The lowest BCUT2D eigenvalue weighted by Gasteiger charge is -2.13. The zero-order valence-corrected chi connectivity index (χ0v) is 13.9. The Kier molecular flexibility index (Phi) is 4.40. The van der Waals surface area contributed by atoms with Gasteiger partial charge in [-0.15, -0.1) is 0 Å². The van der Waals surface area contributed by atoms with Crippen LogP contribution in [0.3, 0.4) is 0 Å². The van der Waals surface area contributed by atoms with E-state index in [4.69, 9.17) is 9.47 Å². The van der Waals surface area contributed by atoms with Crippen LogP contribution in [0.5, 0.6) is 5.75 Å². The van der Waals surface area contributed by atoms with E-state index in [2.05, 4.69) is 0 Å². The first-order chi connectivity index (χ1) is 11.5. The van der Waals surface area contributed by atoms with Gasteiger partial charge < -0.3 is 9.47 Å². The minimum absolute atomic E-state index is 0.135. The molecule has 2 aromatic rings. The summed E-state index contributed by atoms with van der Waals surface area (Å²) in [5, 5.41) is 1.11. The van der Waals surface area contributed by atoms with Gasteiger partial charge in [-0.2, -0.15) is 0 Å². The zero-order valence-electron chi connectivity index (χ0n) is 13.1. The smallest absolute Gasteiger partial charge is 0.342 e. The largest absolute Gasteiger partial charge is 0.492 e. The molecule has 0 spiro atoms. The van der Waals surface area contributed by atoms with Gasteiger partial charge in [0.25, 0.3) is 0 Å². The minimum Gasteiger partial charge on any atom is -0.492 e. The third kappa shape index (κ3) is 3.05. The summed E-state index contributed by atoms with van der Waals surface area (Å²) in [4.78, 5) is 12.5. The number of carbonyl (C=O) groups is 1. The van der Waals surface area contributed by atoms with Crippen LogP contribution in [0.2, 0.25) is 0 Å². The Morgan fingerprint density at radius 2 is 1.83 bits per heavy atom. The van der Waals surface area contributed by atoms with Crippen LogP contribution in [0.1, 0.15) is 28.4 Å². The first-order valence-electron chi connectivity index (χ1n) is 7.47. The summed E-state index contributed by atoms with van der Waals surface area (Å²) < 4.78 is 34.7. The van der Waals surface area contributed by atoms with E-state index in [0.29, 0.717) is 12.2 Å². The Morgan fingerprint density at radius 1 is 1.08 bits per heavy atom. The van der Waals surface area contributed by atoms with Gasteiger partial charge in [0.1, 0.15) is 17.9 Å². The quantitative estimate of drug-likeness (QED) is 0.779. The maximum Gasteiger partial charge on any atom is 0.342 e. The van der Waals surface area contributed by atoms with Crippen LogP contribution in [0.4, 0.5) is 0 Å². The van der Waals surface area contributed by atoms with E-state index in [1.807, 2.05) is 30.3 Å². The van der Waals surface area contributed by atoms with E-state index in [0.717, 1.165) is 11.0 Å². The van der Waals surface area contributed by atoms with E-state index < -0.39 is 15.8 Å². The minimum atomic E-state index is -3.46. The third-order valence-electron chi connectivity index (χ3n) is 3.60. The van der Waals surface area contributed by atoms with E-state index in [1.54, 1.807) is 6.92 Å². The van der Waals surface area contributed by atoms with E-state index in [9.17, 15) is 13.2 Å². The van der Waals surface area contributed by atoms with Gasteiger partial charge in [0.15, 0.2) is 0 Å². The molecule has 0 saturated heterocycles. The SMILES string of the molecule is CCOc1c(C(=O)OCc2ccccc2)ccc2c1C=CS2(=O)=O. The lowest BCUT2D eigenvalue weighted by atomic mass is 10.1. The van der Waals surface area contributed by atoms with E-state index in [1.165, 1.54) is 18.2 Å². The molecular weight excluding hydrogens is 328 g/mol. The molecule has 1 aliphatic rings. The van der Waals surface area contributed by atoms with Crippen LogP contribution in [0.15, 0.2) is 52.8 Å². The van der Waals surface area contributed by atoms with E-state index >= 15 is 0 Å². The number of ether oxygens (including phenoxy) is 2. The Morgan fingerprint density at radius 3 is 2.54 bits per heavy atom. The summed E-state index contributed by atoms with van der Waals surface area (Å²) in [6, 6.07) is 12.2. The van der Waals surface area contributed by atoms with Crippen LogP contribution in [0.25, 0.3) is 6.08 Å². The molecule has 3 rings (SSSR count). The van der Waals surface area contributed by atoms with Gasteiger partial charge in [0, 0.05) is 11.0 Å². The third-order valence-corrected chi connectivity index (χ3v) is 5.06. The summed E-state index contributed by atoms with van der Waals surface area (Å²) in [7, 11) is -3.46. The predicted molar refractivity (Wildman–Crippen MR) is 89.4 cm³/mol. The Bertz CT molecular complexity index is 899. The Hall–Kier alpha value is -2.60.